The van der Waals surface area contributed by atoms with E-state index < -0.39 is 0 Å². The maximum Gasteiger partial charge on any atom is 0.303 e. The molecule has 12 heavy (non-hydrogen) atoms. The van der Waals surface area contributed by atoms with Crippen molar-refractivity contribution in [2.24, 2.45) is 0 Å². The van der Waals surface area contributed by atoms with Crippen molar-refractivity contribution in [1.29, 1.82) is 0 Å². The zero-order valence-electron chi connectivity index (χ0n) is 7.13. The molecular formula is C9H13ClO2. The summed E-state index contributed by atoms with van der Waals surface area (Å²) in [6.07, 6.45) is 6.59. The van der Waals surface area contributed by atoms with Gasteiger partial charge in [0.2, 0.25) is 0 Å². The minimum absolute atomic E-state index is 0.0637. The highest BCUT2D eigenvalue weighted by atomic mass is 35.5. The van der Waals surface area contributed by atoms with Crippen LogP contribution >= 0.6 is 11.6 Å². The fourth-order valence-electron chi connectivity index (χ4n) is 1.26. The Morgan fingerprint density at radius 2 is 2.25 bits per heavy atom. The summed E-state index contributed by atoms with van der Waals surface area (Å²) in [5.41, 5.74) is 0. The summed E-state index contributed by atoms with van der Waals surface area (Å²) in [5.74, 6) is -0.224. The van der Waals surface area contributed by atoms with Gasteiger partial charge in [-0.25, -0.2) is 0 Å². The number of halogens is 1. The van der Waals surface area contributed by atoms with Crippen molar-refractivity contribution in [1.82, 2.24) is 0 Å². The van der Waals surface area contributed by atoms with Crippen LogP contribution in [0.25, 0.3) is 0 Å². The van der Waals surface area contributed by atoms with E-state index in [-0.39, 0.29) is 17.5 Å². The van der Waals surface area contributed by atoms with Crippen molar-refractivity contribution in [3.63, 3.8) is 0 Å². The number of hydrogen-bond acceptors (Lipinski definition) is 2. The lowest BCUT2D eigenvalue weighted by molar-refractivity contribution is -0.144. The Bertz CT molecular complexity index is 189. The lowest BCUT2D eigenvalue weighted by atomic mass is 10.2. The Morgan fingerprint density at radius 3 is 2.92 bits per heavy atom. The topological polar surface area (TPSA) is 26.3 Å². The zero-order valence-corrected chi connectivity index (χ0v) is 7.88. The maximum atomic E-state index is 10.6. The smallest absolute Gasteiger partial charge is 0.303 e. The predicted molar refractivity (Wildman–Crippen MR) is 48.2 cm³/mol. The minimum atomic E-state index is -0.224. The Kier molecular flexibility index (Phi) is 3.60. The molecule has 0 heterocycles. The van der Waals surface area contributed by atoms with Gasteiger partial charge in [0.25, 0.3) is 0 Å². The van der Waals surface area contributed by atoms with E-state index in [0.29, 0.717) is 0 Å². The normalized spacial score (nSPS) is 29.5. The molecule has 0 aromatic rings. The first-order valence-electron chi connectivity index (χ1n) is 4.18. The number of rotatable bonds is 1. The van der Waals surface area contributed by atoms with Gasteiger partial charge in [0.1, 0.15) is 6.10 Å². The van der Waals surface area contributed by atoms with Crippen LogP contribution in [0.3, 0.4) is 0 Å². The number of hydrogen-bond donors (Lipinski definition) is 0. The third-order valence-corrected chi connectivity index (χ3v) is 2.18. The lowest BCUT2D eigenvalue weighted by Crippen LogP contribution is -2.12. The van der Waals surface area contributed by atoms with E-state index in [1.54, 1.807) is 0 Å². The maximum absolute atomic E-state index is 10.6. The quantitative estimate of drug-likeness (QED) is 0.359. The van der Waals surface area contributed by atoms with Crippen LogP contribution in [0.5, 0.6) is 0 Å². The molecule has 2 nitrogen and oxygen atoms in total. The molecule has 2 atom stereocenters. The van der Waals surface area contributed by atoms with E-state index in [2.05, 4.69) is 0 Å². The molecule has 0 amide bonds. The fourth-order valence-corrected chi connectivity index (χ4v) is 1.50. The summed E-state index contributed by atoms with van der Waals surface area (Å²) >= 11 is 5.90. The average molecular weight is 189 g/mol. The van der Waals surface area contributed by atoms with Crippen LogP contribution in [0.4, 0.5) is 0 Å². The molecule has 0 bridgehead atoms. The third kappa shape index (κ3) is 3.26. The van der Waals surface area contributed by atoms with Gasteiger partial charge in [-0.3, -0.25) is 4.79 Å². The highest BCUT2D eigenvalue weighted by Crippen LogP contribution is 2.17. The van der Waals surface area contributed by atoms with Gasteiger partial charge in [0.05, 0.1) is 5.38 Å². The summed E-state index contributed by atoms with van der Waals surface area (Å²) in [5, 5.41) is 0.102. The fraction of sp³-hybridized carbons (Fsp3) is 0.667. The number of carbonyl (C=O) groups excluding carboxylic acids is 1. The largest absolute Gasteiger partial charge is 0.458 e. The SMILES string of the molecule is CC(=O)O[C@@H]1C=C[C@H](Cl)CCC1. The predicted octanol–water partition coefficient (Wildman–Crippen LogP) is 2.27. The second kappa shape index (κ2) is 4.51. The summed E-state index contributed by atoms with van der Waals surface area (Å²) in [7, 11) is 0. The van der Waals surface area contributed by atoms with Crippen molar-refractivity contribution < 1.29 is 9.53 Å². The third-order valence-electron chi connectivity index (χ3n) is 1.82. The monoisotopic (exact) mass is 188 g/mol. The van der Waals surface area contributed by atoms with Crippen molar-refractivity contribution in [2.75, 3.05) is 0 Å². The van der Waals surface area contributed by atoms with E-state index in [9.17, 15) is 4.79 Å². The molecule has 68 valence electrons. The molecule has 3 heteroatoms. The van der Waals surface area contributed by atoms with Crippen LogP contribution in [-0.4, -0.2) is 17.5 Å². The first-order valence-corrected chi connectivity index (χ1v) is 4.62. The highest BCUT2D eigenvalue weighted by molar-refractivity contribution is 6.21. The average Bonchev–Trinajstić information content (AvgIpc) is 2.15. The number of allylic oxidation sites excluding steroid dienone is 1. The summed E-state index contributed by atoms with van der Waals surface area (Å²) < 4.78 is 5.04. The number of esters is 1. The molecule has 0 aliphatic heterocycles. The van der Waals surface area contributed by atoms with Gasteiger partial charge in [-0.1, -0.05) is 6.08 Å². The molecule has 0 fully saturated rings. The second-order valence-electron chi connectivity index (χ2n) is 2.98. The molecule has 0 aromatic heterocycles. The summed E-state index contributed by atoms with van der Waals surface area (Å²) in [6, 6.07) is 0. The Balaban J connectivity index is 2.43. The first-order chi connectivity index (χ1) is 5.68. The van der Waals surface area contributed by atoms with E-state index in [4.69, 9.17) is 16.3 Å². The van der Waals surface area contributed by atoms with Gasteiger partial charge >= 0.3 is 5.97 Å². The Labute approximate surface area is 77.5 Å². The molecule has 0 aromatic carbocycles. The minimum Gasteiger partial charge on any atom is -0.458 e. The first kappa shape index (κ1) is 9.59. The summed E-state index contributed by atoms with van der Waals surface area (Å²) in [4.78, 5) is 10.6. The molecule has 0 radical (unpaired) electrons. The highest BCUT2D eigenvalue weighted by Gasteiger charge is 2.13. The van der Waals surface area contributed by atoms with Crippen LogP contribution < -0.4 is 0 Å². The van der Waals surface area contributed by atoms with Crippen LogP contribution in [0.15, 0.2) is 12.2 Å². The van der Waals surface area contributed by atoms with Gasteiger partial charge in [0.15, 0.2) is 0 Å². The molecule has 0 N–H and O–H groups in total. The molecule has 1 rings (SSSR count). The van der Waals surface area contributed by atoms with E-state index >= 15 is 0 Å². The zero-order chi connectivity index (χ0) is 8.97. The number of alkyl halides is 1. The van der Waals surface area contributed by atoms with Gasteiger partial charge in [-0.2, -0.15) is 0 Å². The van der Waals surface area contributed by atoms with Crippen molar-refractivity contribution in [3.05, 3.63) is 12.2 Å². The number of ether oxygens (including phenoxy) is 1. The second-order valence-corrected chi connectivity index (χ2v) is 3.54. The van der Waals surface area contributed by atoms with Gasteiger partial charge in [0, 0.05) is 6.92 Å². The molecule has 0 saturated heterocycles. The van der Waals surface area contributed by atoms with Crippen LogP contribution in [0.2, 0.25) is 0 Å². The van der Waals surface area contributed by atoms with Gasteiger partial charge in [-0.15, -0.1) is 11.6 Å². The van der Waals surface area contributed by atoms with E-state index in [1.807, 2.05) is 12.2 Å². The van der Waals surface area contributed by atoms with Gasteiger partial charge < -0.3 is 4.74 Å². The van der Waals surface area contributed by atoms with Crippen molar-refractivity contribution >= 4 is 17.6 Å². The molecule has 1 aliphatic rings. The van der Waals surface area contributed by atoms with Crippen LogP contribution in [0, 0.1) is 0 Å². The van der Waals surface area contributed by atoms with Crippen LogP contribution in [0.1, 0.15) is 26.2 Å². The van der Waals surface area contributed by atoms with Crippen molar-refractivity contribution in [2.45, 2.75) is 37.7 Å². The number of carbonyl (C=O) groups is 1. The Hall–Kier alpha value is -0.500. The van der Waals surface area contributed by atoms with Gasteiger partial charge in [-0.05, 0) is 25.3 Å². The summed E-state index contributed by atoms with van der Waals surface area (Å²) in [6.45, 7) is 1.43. The molecule has 0 saturated carbocycles. The lowest BCUT2D eigenvalue weighted by Gasteiger charge is -2.09. The van der Waals surface area contributed by atoms with Crippen LogP contribution in [-0.2, 0) is 9.53 Å². The van der Waals surface area contributed by atoms with E-state index in [0.717, 1.165) is 19.3 Å². The standard InChI is InChI=1S/C9H13ClO2/c1-7(11)12-9-4-2-3-8(10)5-6-9/h5-6,8-9H,2-4H2,1H3/t8-,9+/m1/s1. The van der Waals surface area contributed by atoms with Crippen molar-refractivity contribution in [3.8, 4) is 0 Å². The molecule has 1 aliphatic carbocycles. The molecular weight excluding hydrogens is 176 g/mol. The Morgan fingerprint density at radius 1 is 1.50 bits per heavy atom. The molecule has 0 unspecified atom stereocenters. The molecule has 0 spiro atoms. The van der Waals surface area contributed by atoms with E-state index in [1.165, 1.54) is 6.92 Å².